The van der Waals surface area contributed by atoms with E-state index in [1.54, 1.807) is 44.2 Å². The second-order valence-electron chi connectivity index (χ2n) is 6.99. The van der Waals surface area contributed by atoms with Crippen LogP contribution in [-0.2, 0) is 14.8 Å². The molecule has 9 heteroatoms. The van der Waals surface area contributed by atoms with Gasteiger partial charge in [0.05, 0.1) is 16.3 Å². The summed E-state index contributed by atoms with van der Waals surface area (Å²) in [6.07, 6.45) is 0. The van der Waals surface area contributed by atoms with Gasteiger partial charge in [-0.3, -0.25) is 9.10 Å². The number of nitrogens with one attached hydrogen (secondary N) is 1. The van der Waals surface area contributed by atoms with Crippen molar-refractivity contribution in [1.29, 1.82) is 0 Å². The van der Waals surface area contributed by atoms with Crippen LogP contribution in [0.4, 0.5) is 10.1 Å². The molecule has 0 bridgehead atoms. The zero-order valence-corrected chi connectivity index (χ0v) is 19.0. The third kappa shape index (κ3) is 5.52. The zero-order valence-electron chi connectivity index (χ0n) is 17.4. The van der Waals surface area contributed by atoms with E-state index in [1.165, 1.54) is 42.5 Å². The van der Waals surface area contributed by atoms with E-state index in [0.29, 0.717) is 21.9 Å². The van der Waals surface area contributed by atoms with Crippen LogP contribution in [0.3, 0.4) is 0 Å². The van der Waals surface area contributed by atoms with Crippen molar-refractivity contribution in [3.8, 4) is 0 Å². The molecule has 0 spiro atoms. The summed E-state index contributed by atoms with van der Waals surface area (Å²) in [7, 11) is -4.06. The van der Waals surface area contributed by atoms with Crippen LogP contribution in [0.5, 0.6) is 0 Å². The van der Waals surface area contributed by atoms with E-state index in [2.05, 4.69) is 10.5 Å². The van der Waals surface area contributed by atoms with Crippen molar-refractivity contribution >= 4 is 38.9 Å². The summed E-state index contributed by atoms with van der Waals surface area (Å²) in [5, 5.41) is 4.35. The Morgan fingerprint density at radius 3 is 2.38 bits per heavy atom. The van der Waals surface area contributed by atoms with Gasteiger partial charge in [-0.15, -0.1) is 0 Å². The van der Waals surface area contributed by atoms with Crippen LogP contribution in [0, 0.1) is 12.7 Å². The van der Waals surface area contributed by atoms with E-state index < -0.39 is 22.5 Å². The molecule has 0 saturated carbocycles. The molecule has 0 fully saturated rings. The second-order valence-corrected chi connectivity index (χ2v) is 9.29. The lowest BCUT2D eigenvalue weighted by molar-refractivity contribution is -0.119. The third-order valence-corrected chi connectivity index (χ3v) is 6.68. The van der Waals surface area contributed by atoms with E-state index in [0.717, 1.165) is 4.31 Å². The van der Waals surface area contributed by atoms with Gasteiger partial charge < -0.3 is 0 Å². The molecule has 0 atom stereocenters. The van der Waals surface area contributed by atoms with Gasteiger partial charge in [0.15, 0.2) is 0 Å². The number of nitrogens with zero attached hydrogens (tertiary/aromatic N) is 2. The maximum Gasteiger partial charge on any atom is 0.264 e. The Kier molecular flexibility index (Phi) is 7.27. The largest absolute Gasteiger partial charge is 0.271 e. The molecule has 166 valence electrons. The quantitative estimate of drug-likeness (QED) is 0.404. The summed E-state index contributed by atoms with van der Waals surface area (Å²) in [6, 6.07) is 18.3. The average molecular weight is 474 g/mol. The van der Waals surface area contributed by atoms with Gasteiger partial charge in [0.1, 0.15) is 12.4 Å². The zero-order chi connectivity index (χ0) is 23.3. The molecule has 0 aliphatic heterocycles. The first-order chi connectivity index (χ1) is 15.2. The topological polar surface area (TPSA) is 78.8 Å². The predicted octanol–water partition coefficient (Wildman–Crippen LogP) is 4.52. The van der Waals surface area contributed by atoms with E-state index in [1.807, 2.05) is 0 Å². The summed E-state index contributed by atoms with van der Waals surface area (Å²) >= 11 is 6.10. The molecule has 0 aliphatic rings. The Morgan fingerprint density at radius 2 is 1.72 bits per heavy atom. The number of hydrogen-bond acceptors (Lipinski definition) is 4. The van der Waals surface area contributed by atoms with Crippen molar-refractivity contribution in [1.82, 2.24) is 5.43 Å². The van der Waals surface area contributed by atoms with Crippen molar-refractivity contribution in [2.75, 3.05) is 10.8 Å². The van der Waals surface area contributed by atoms with Gasteiger partial charge in [0, 0.05) is 5.02 Å². The molecule has 0 heterocycles. The smallest absolute Gasteiger partial charge is 0.264 e. The number of rotatable bonds is 7. The number of benzene rings is 3. The van der Waals surface area contributed by atoms with Crippen molar-refractivity contribution in [3.63, 3.8) is 0 Å². The molecule has 0 aromatic heterocycles. The van der Waals surface area contributed by atoms with Crippen molar-refractivity contribution in [2.24, 2.45) is 5.10 Å². The highest BCUT2D eigenvalue weighted by Crippen LogP contribution is 2.29. The van der Waals surface area contributed by atoms with Crippen LogP contribution < -0.4 is 9.73 Å². The number of carbonyl (C=O) groups is 1. The molecule has 6 nitrogen and oxygen atoms in total. The Bertz CT molecular complexity index is 1250. The Hall–Kier alpha value is -3.23. The van der Waals surface area contributed by atoms with Gasteiger partial charge in [-0.1, -0.05) is 48.0 Å². The average Bonchev–Trinajstić information content (AvgIpc) is 2.78. The second kappa shape index (κ2) is 9.93. The van der Waals surface area contributed by atoms with Crippen LogP contribution in [0.15, 0.2) is 82.8 Å². The minimum atomic E-state index is -4.06. The molecule has 3 aromatic rings. The Morgan fingerprint density at radius 1 is 1.06 bits per heavy atom. The normalized spacial score (nSPS) is 11.8. The molecule has 0 saturated heterocycles. The maximum absolute atomic E-state index is 13.4. The standard InChI is InChI=1S/C23H21ClFN3O3S/c1-16-8-11-19(24)14-22(16)28(32(30,31)21-6-4-3-5-7-21)15-23(29)27-26-17(2)18-9-12-20(25)13-10-18/h3-14H,15H2,1-2H3,(H,27,29)/b26-17+. The summed E-state index contributed by atoms with van der Waals surface area (Å²) in [5.74, 6) is -1.03. The first-order valence-electron chi connectivity index (χ1n) is 9.61. The molecule has 1 amide bonds. The van der Waals surface area contributed by atoms with Crippen LogP contribution in [-0.4, -0.2) is 26.6 Å². The Balaban J connectivity index is 1.90. The van der Waals surface area contributed by atoms with E-state index in [9.17, 15) is 17.6 Å². The fraction of sp³-hybridized carbons (Fsp3) is 0.130. The lowest BCUT2D eigenvalue weighted by Crippen LogP contribution is -2.40. The molecule has 32 heavy (non-hydrogen) atoms. The van der Waals surface area contributed by atoms with Gasteiger partial charge in [0.2, 0.25) is 0 Å². The third-order valence-electron chi connectivity index (χ3n) is 4.67. The molecule has 0 aliphatic carbocycles. The summed E-state index contributed by atoms with van der Waals surface area (Å²) in [4.78, 5) is 12.7. The highest BCUT2D eigenvalue weighted by Gasteiger charge is 2.28. The number of aryl methyl sites for hydroxylation is 1. The number of amides is 1. The molecular formula is C23H21ClFN3O3S. The first-order valence-corrected chi connectivity index (χ1v) is 11.4. The monoisotopic (exact) mass is 473 g/mol. The summed E-state index contributed by atoms with van der Waals surface area (Å²) in [6.45, 7) is 2.86. The minimum absolute atomic E-state index is 0.0400. The molecule has 1 N–H and O–H groups in total. The number of carbonyl (C=O) groups excluding carboxylic acids is 1. The highest BCUT2D eigenvalue weighted by molar-refractivity contribution is 7.92. The van der Waals surface area contributed by atoms with Crippen molar-refractivity contribution < 1.29 is 17.6 Å². The van der Waals surface area contributed by atoms with E-state index in [-0.39, 0.29) is 16.4 Å². The molecule has 3 rings (SSSR count). The fourth-order valence-electron chi connectivity index (χ4n) is 2.94. The molecule has 3 aromatic carbocycles. The van der Waals surface area contributed by atoms with E-state index >= 15 is 0 Å². The highest BCUT2D eigenvalue weighted by atomic mass is 35.5. The van der Waals surface area contributed by atoms with Crippen molar-refractivity contribution in [3.05, 3.63) is 94.8 Å². The summed E-state index contributed by atoms with van der Waals surface area (Å²) < 4.78 is 40.8. The summed E-state index contributed by atoms with van der Waals surface area (Å²) in [5.41, 5.74) is 4.35. The van der Waals surface area contributed by atoms with Crippen LogP contribution >= 0.6 is 11.6 Å². The number of halogens is 2. The fourth-order valence-corrected chi connectivity index (χ4v) is 4.60. The van der Waals surface area contributed by atoms with Gasteiger partial charge in [-0.25, -0.2) is 18.2 Å². The predicted molar refractivity (Wildman–Crippen MR) is 124 cm³/mol. The maximum atomic E-state index is 13.4. The minimum Gasteiger partial charge on any atom is -0.271 e. The first kappa shape index (κ1) is 23.4. The SMILES string of the molecule is C/C(=N\NC(=O)CN(c1cc(Cl)ccc1C)S(=O)(=O)c1ccccc1)c1ccc(F)cc1. The lowest BCUT2D eigenvalue weighted by atomic mass is 10.1. The van der Waals surface area contributed by atoms with Crippen molar-refractivity contribution in [2.45, 2.75) is 18.7 Å². The van der Waals surface area contributed by atoms with Gasteiger partial charge in [-0.2, -0.15) is 5.10 Å². The van der Waals surface area contributed by atoms with Crippen LogP contribution in [0.2, 0.25) is 5.02 Å². The van der Waals surface area contributed by atoms with Gasteiger partial charge in [-0.05, 0) is 61.4 Å². The number of hydrazone groups is 1. The number of sulfonamides is 1. The molecule has 0 unspecified atom stereocenters. The van der Waals surface area contributed by atoms with Crippen LogP contribution in [0.1, 0.15) is 18.1 Å². The van der Waals surface area contributed by atoms with Gasteiger partial charge >= 0.3 is 0 Å². The van der Waals surface area contributed by atoms with Crippen LogP contribution in [0.25, 0.3) is 0 Å². The van der Waals surface area contributed by atoms with E-state index in [4.69, 9.17) is 11.6 Å². The number of hydrogen-bond donors (Lipinski definition) is 1. The lowest BCUT2D eigenvalue weighted by Gasteiger charge is -2.25. The van der Waals surface area contributed by atoms with Gasteiger partial charge in [0.25, 0.3) is 15.9 Å². The number of anilines is 1. The molecule has 0 radical (unpaired) electrons. The Labute approximate surface area is 191 Å². The molecular weight excluding hydrogens is 453 g/mol.